The lowest BCUT2D eigenvalue weighted by molar-refractivity contribution is -0.120. The van der Waals surface area contributed by atoms with Crippen LogP contribution in [0.25, 0.3) is 0 Å². The number of amides is 1. The summed E-state index contributed by atoms with van der Waals surface area (Å²) in [5, 5.41) is 11.3. The van der Waals surface area contributed by atoms with Crippen molar-refractivity contribution in [2.24, 2.45) is 5.73 Å². The summed E-state index contributed by atoms with van der Waals surface area (Å²) in [6, 6.07) is 0. The fourth-order valence-electron chi connectivity index (χ4n) is 1.40. The number of nitrogens with one attached hydrogen (secondary N) is 1. The van der Waals surface area contributed by atoms with E-state index in [1.165, 1.54) is 11.8 Å². The van der Waals surface area contributed by atoms with Gasteiger partial charge >= 0.3 is 0 Å². The minimum Gasteiger partial charge on any atom is -0.352 e. The van der Waals surface area contributed by atoms with E-state index >= 15 is 0 Å². The number of thioether (sulfide) groups is 1. The Morgan fingerprint density at radius 2 is 2.39 bits per heavy atom. The van der Waals surface area contributed by atoms with E-state index in [9.17, 15) is 4.79 Å². The van der Waals surface area contributed by atoms with E-state index in [2.05, 4.69) is 22.1 Å². The molecule has 1 aromatic rings. The van der Waals surface area contributed by atoms with Crippen LogP contribution in [0.4, 0.5) is 0 Å². The predicted molar refractivity (Wildman–Crippen MR) is 72.1 cm³/mol. The number of hydrogen-bond acceptors (Lipinski definition) is 5. The Morgan fingerprint density at radius 1 is 1.67 bits per heavy atom. The van der Waals surface area contributed by atoms with Crippen LogP contribution < -0.4 is 11.1 Å². The lowest BCUT2D eigenvalue weighted by Gasteiger charge is -2.11. The topological polar surface area (TPSA) is 85.8 Å². The smallest absolute Gasteiger partial charge is 0.233 e. The average molecular weight is 269 g/mol. The summed E-state index contributed by atoms with van der Waals surface area (Å²) < 4.78 is 1.92. The van der Waals surface area contributed by atoms with Crippen LogP contribution in [0.5, 0.6) is 0 Å². The Hall–Kier alpha value is -1.34. The third-order valence-electron chi connectivity index (χ3n) is 2.36. The molecule has 0 radical (unpaired) electrons. The Labute approximate surface area is 111 Å². The van der Waals surface area contributed by atoms with Gasteiger partial charge in [-0.05, 0) is 13.8 Å². The maximum atomic E-state index is 11.7. The normalized spacial score (nSPS) is 12.2. The van der Waals surface area contributed by atoms with Gasteiger partial charge in [-0.25, -0.2) is 0 Å². The standard InChI is InChI=1S/C11H19N5OS/c1-4-6-13-10(17)8(3)18-11-15-14-9(7-12)16(11)5-2/h4,8H,1,5-7,12H2,2-3H3,(H,13,17). The second kappa shape index (κ2) is 7.17. The van der Waals surface area contributed by atoms with Crippen molar-refractivity contribution in [1.29, 1.82) is 0 Å². The molecule has 100 valence electrons. The summed E-state index contributed by atoms with van der Waals surface area (Å²) >= 11 is 1.38. The number of nitrogens with two attached hydrogens (primary N) is 1. The van der Waals surface area contributed by atoms with Crippen LogP contribution in [0.1, 0.15) is 19.7 Å². The minimum absolute atomic E-state index is 0.0418. The second-order valence-electron chi connectivity index (χ2n) is 3.64. The molecular weight excluding hydrogens is 250 g/mol. The van der Waals surface area contributed by atoms with Crippen molar-refractivity contribution in [2.75, 3.05) is 6.54 Å². The number of hydrogen-bond donors (Lipinski definition) is 2. The molecule has 0 aliphatic heterocycles. The van der Waals surface area contributed by atoms with Gasteiger partial charge in [-0.1, -0.05) is 17.8 Å². The van der Waals surface area contributed by atoms with E-state index < -0.39 is 0 Å². The molecule has 1 unspecified atom stereocenters. The largest absolute Gasteiger partial charge is 0.352 e. The predicted octanol–water partition coefficient (Wildman–Crippen LogP) is 0.539. The number of carbonyl (C=O) groups is 1. The number of nitrogens with zero attached hydrogens (tertiary/aromatic N) is 3. The van der Waals surface area contributed by atoms with Crippen LogP contribution in [0, 0.1) is 0 Å². The first-order valence-corrected chi connectivity index (χ1v) is 6.69. The summed E-state index contributed by atoms with van der Waals surface area (Å²) in [5.41, 5.74) is 5.57. The highest BCUT2D eigenvalue weighted by molar-refractivity contribution is 8.00. The van der Waals surface area contributed by atoms with Crippen LogP contribution in [0.2, 0.25) is 0 Å². The maximum absolute atomic E-state index is 11.7. The van der Waals surface area contributed by atoms with Crippen LogP contribution >= 0.6 is 11.8 Å². The van der Waals surface area contributed by atoms with Crippen LogP contribution in [-0.4, -0.2) is 32.5 Å². The molecule has 0 aromatic carbocycles. The van der Waals surface area contributed by atoms with Gasteiger partial charge in [-0.2, -0.15) is 0 Å². The summed E-state index contributed by atoms with van der Waals surface area (Å²) in [6.07, 6.45) is 1.65. The van der Waals surface area contributed by atoms with Crippen molar-refractivity contribution in [2.45, 2.75) is 37.3 Å². The Balaban J connectivity index is 2.69. The second-order valence-corrected chi connectivity index (χ2v) is 4.95. The molecule has 1 aromatic heterocycles. The molecule has 0 fully saturated rings. The summed E-state index contributed by atoms with van der Waals surface area (Å²) in [6.45, 7) is 8.94. The van der Waals surface area contributed by atoms with Crippen molar-refractivity contribution in [3.63, 3.8) is 0 Å². The molecule has 1 atom stereocenters. The third-order valence-corrected chi connectivity index (χ3v) is 3.44. The van der Waals surface area contributed by atoms with Crippen molar-refractivity contribution >= 4 is 17.7 Å². The summed E-state index contributed by atoms with van der Waals surface area (Å²) in [5.74, 6) is 0.693. The molecule has 1 rings (SSSR count). The molecular formula is C11H19N5OS. The van der Waals surface area contributed by atoms with Gasteiger partial charge in [0.15, 0.2) is 5.16 Å². The zero-order valence-corrected chi connectivity index (χ0v) is 11.5. The quantitative estimate of drug-likeness (QED) is 0.557. The first kappa shape index (κ1) is 14.7. The van der Waals surface area contributed by atoms with Crippen molar-refractivity contribution < 1.29 is 4.79 Å². The molecule has 0 bridgehead atoms. The molecule has 18 heavy (non-hydrogen) atoms. The Kier molecular flexibility index (Phi) is 5.87. The number of rotatable bonds is 7. The first-order valence-electron chi connectivity index (χ1n) is 5.81. The van der Waals surface area contributed by atoms with E-state index in [4.69, 9.17) is 5.73 Å². The fourth-order valence-corrected chi connectivity index (χ4v) is 2.36. The van der Waals surface area contributed by atoms with Gasteiger partial charge < -0.3 is 15.6 Å². The van der Waals surface area contributed by atoms with Gasteiger partial charge in [-0.15, -0.1) is 16.8 Å². The summed E-state index contributed by atoms with van der Waals surface area (Å²) in [4.78, 5) is 11.7. The molecule has 6 nitrogen and oxygen atoms in total. The SMILES string of the molecule is C=CCNC(=O)C(C)Sc1nnc(CN)n1CC. The number of carbonyl (C=O) groups excluding carboxylic acids is 1. The highest BCUT2D eigenvalue weighted by Gasteiger charge is 2.18. The molecule has 3 N–H and O–H groups in total. The molecule has 0 spiro atoms. The van der Waals surface area contributed by atoms with Crippen LogP contribution in [-0.2, 0) is 17.9 Å². The zero-order chi connectivity index (χ0) is 13.5. The first-order chi connectivity index (χ1) is 8.63. The summed E-state index contributed by atoms with van der Waals surface area (Å²) in [7, 11) is 0. The molecule has 0 saturated heterocycles. The third kappa shape index (κ3) is 3.58. The Morgan fingerprint density at radius 3 is 2.94 bits per heavy atom. The van der Waals surface area contributed by atoms with Gasteiger partial charge in [0.05, 0.1) is 11.8 Å². The lowest BCUT2D eigenvalue weighted by atomic mass is 10.4. The van der Waals surface area contributed by atoms with E-state index in [-0.39, 0.29) is 11.2 Å². The fraction of sp³-hybridized carbons (Fsp3) is 0.545. The van der Waals surface area contributed by atoms with Gasteiger partial charge in [0.1, 0.15) is 5.82 Å². The van der Waals surface area contributed by atoms with Gasteiger partial charge in [0.2, 0.25) is 5.91 Å². The van der Waals surface area contributed by atoms with E-state index in [1.54, 1.807) is 6.08 Å². The lowest BCUT2D eigenvalue weighted by Crippen LogP contribution is -2.31. The molecule has 7 heteroatoms. The molecule has 1 amide bonds. The molecule has 0 aliphatic carbocycles. The van der Waals surface area contributed by atoms with E-state index in [0.717, 1.165) is 17.5 Å². The molecule has 0 saturated carbocycles. The van der Waals surface area contributed by atoms with Gasteiger partial charge in [-0.3, -0.25) is 4.79 Å². The van der Waals surface area contributed by atoms with Gasteiger partial charge in [0, 0.05) is 13.1 Å². The highest BCUT2D eigenvalue weighted by Crippen LogP contribution is 2.22. The zero-order valence-electron chi connectivity index (χ0n) is 10.7. The molecule has 0 aliphatic rings. The Bertz CT molecular complexity index is 418. The van der Waals surface area contributed by atoms with E-state index in [0.29, 0.717) is 13.1 Å². The average Bonchev–Trinajstić information content (AvgIpc) is 2.77. The van der Waals surface area contributed by atoms with Crippen LogP contribution in [0.15, 0.2) is 17.8 Å². The minimum atomic E-state index is -0.231. The molecule has 1 heterocycles. The van der Waals surface area contributed by atoms with Gasteiger partial charge in [0.25, 0.3) is 0 Å². The van der Waals surface area contributed by atoms with Crippen molar-refractivity contribution in [3.8, 4) is 0 Å². The van der Waals surface area contributed by atoms with E-state index in [1.807, 2.05) is 18.4 Å². The highest BCUT2D eigenvalue weighted by atomic mass is 32.2. The maximum Gasteiger partial charge on any atom is 0.233 e. The number of aromatic nitrogens is 3. The van der Waals surface area contributed by atoms with Crippen LogP contribution in [0.3, 0.4) is 0 Å². The van der Waals surface area contributed by atoms with Crippen molar-refractivity contribution in [3.05, 3.63) is 18.5 Å². The van der Waals surface area contributed by atoms with Crippen molar-refractivity contribution in [1.82, 2.24) is 20.1 Å². The monoisotopic (exact) mass is 269 g/mol.